The van der Waals surface area contributed by atoms with E-state index < -0.39 is 11.0 Å². The largest absolute Gasteiger partial charge is 0.494 e. The van der Waals surface area contributed by atoms with Gasteiger partial charge in [0.15, 0.2) is 0 Å². The summed E-state index contributed by atoms with van der Waals surface area (Å²) in [6.45, 7) is 0.456. The Bertz CT molecular complexity index is 788. The van der Waals surface area contributed by atoms with E-state index in [9.17, 15) is 14.9 Å². The van der Waals surface area contributed by atoms with Crippen LogP contribution in [0.1, 0.15) is 18.0 Å². The van der Waals surface area contributed by atoms with Crippen molar-refractivity contribution in [3.63, 3.8) is 0 Å². The molecule has 0 unspecified atom stereocenters. The summed E-state index contributed by atoms with van der Waals surface area (Å²) in [5.74, 6) is 1.08. The van der Waals surface area contributed by atoms with Crippen LogP contribution >= 0.6 is 0 Å². The van der Waals surface area contributed by atoms with Crippen molar-refractivity contribution in [3.8, 4) is 11.5 Å². The summed E-state index contributed by atoms with van der Waals surface area (Å²) in [6.07, 6.45) is 0.300. The minimum Gasteiger partial charge on any atom is -0.494 e. The highest BCUT2D eigenvalue weighted by Gasteiger charge is 2.15. The van der Waals surface area contributed by atoms with Gasteiger partial charge in [-0.1, -0.05) is 12.1 Å². The minimum absolute atomic E-state index is 0.0357. The summed E-state index contributed by atoms with van der Waals surface area (Å²) in [7, 11) is 7.22. The summed E-state index contributed by atoms with van der Waals surface area (Å²) in [5.41, 5.74) is 1.11. The van der Waals surface area contributed by atoms with Crippen molar-refractivity contribution >= 4 is 11.8 Å². The van der Waals surface area contributed by atoms with E-state index >= 15 is 0 Å². The van der Waals surface area contributed by atoms with Crippen LogP contribution in [0.2, 0.25) is 0 Å². The molecule has 0 saturated heterocycles. The normalized spacial score (nSPS) is 11.8. The first kappa shape index (κ1) is 21.2. The monoisotopic (exact) mass is 387 g/mol. The van der Waals surface area contributed by atoms with Gasteiger partial charge in [-0.3, -0.25) is 10.1 Å². The average Bonchev–Trinajstić information content (AvgIpc) is 2.66. The highest BCUT2D eigenvalue weighted by atomic mass is 16.6. The molecule has 0 N–H and O–H groups in total. The van der Waals surface area contributed by atoms with E-state index in [1.807, 2.05) is 26.2 Å². The fraction of sp³-hybridized carbons (Fsp3) is 0.350. The molecule has 0 aliphatic carbocycles. The minimum atomic E-state index is -0.439. The van der Waals surface area contributed by atoms with Crippen molar-refractivity contribution in [2.24, 2.45) is 0 Å². The molecule has 0 saturated carbocycles. The number of ether oxygens (including phenoxy) is 2. The quantitative estimate of drug-likeness (QED) is 0.507. The lowest BCUT2D eigenvalue weighted by atomic mass is 10.0. The van der Waals surface area contributed by atoms with Crippen molar-refractivity contribution in [2.45, 2.75) is 12.5 Å². The maximum Gasteiger partial charge on any atom is 0.414 e. The van der Waals surface area contributed by atoms with E-state index in [4.69, 9.17) is 9.47 Å². The van der Waals surface area contributed by atoms with Crippen LogP contribution in [-0.4, -0.2) is 55.6 Å². The lowest BCUT2D eigenvalue weighted by Gasteiger charge is -2.25. The summed E-state index contributed by atoms with van der Waals surface area (Å²) >= 11 is 0. The second-order valence-corrected chi connectivity index (χ2v) is 6.70. The second kappa shape index (κ2) is 9.70. The molecule has 2 aromatic rings. The first-order valence-electron chi connectivity index (χ1n) is 8.80. The molecule has 0 bridgehead atoms. The predicted molar refractivity (Wildman–Crippen MR) is 106 cm³/mol. The van der Waals surface area contributed by atoms with Gasteiger partial charge in [0, 0.05) is 38.7 Å². The van der Waals surface area contributed by atoms with Crippen molar-refractivity contribution < 1.29 is 19.2 Å². The number of non-ortho nitro benzene ring substituents is 1. The molecule has 8 heteroatoms. The molecule has 0 aliphatic heterocycles. The zero-order valence-corrected chi connectivity index (χ0v) is 16.5. The number of rotatable bonds is 8. The van der Waals surface area contributed by atoms with Crippen molar-refractivity contribution in [3.05, 3.63) is 64.2 Å². The summed E-state index contributed by atoms with van der Waals surface area (Å²) < 4.78 is 11.0. The fourth-order valence-corrected chi connectivity index (χ4v) is 2.63. The van der Waals surface area contributed by atoms with Gasteiger partial charge in [0.1, 0.15) is 11.5 Å². The Morgan fingerprint density at radius 1 is 1.00 bits per heavy atom. The number of amides is 1. The molecule has 8 nitrogen and oxygen atoms in total. The van der Waals surface area contributed by atoms with E-state index in [0.29, 0.717) is 18.1 Å². The van der Waals surface area contributed by atoms with Crippen LogP contribution in [0.5, 0.6) is 11.5 Å². The number of hydrogen-bond acceptors (Lipinski definition) is 6. The Hall–Kier alpha value is -3.13. The smallest absolute Gasteiger partial charge is 0.414 e. The molecule has 0 radical (unpaired) electrons. The van der Waals surface area contributed by atoms with Crippen LogP contribution in [0.15, 0.2) is 48.5 Å². The van der Waals surface area contributed by atoms with Gasteiger partial charge in [-0.05, 0) is 43.9 Å². The van der Waals surface area contributed by atoms with Gasteiger partial charge in [0.05, 0.1) is 11.5 Å². The van der Waals surface area contributed by atoms with Crippen LogP contribution in [-0.2, 0) is 0 Å². The van der Waals surface area contributed by atoms with Crippen molar-refractivity contribution in [2.75, 3.05) is 34.8 Å². The van der Waals surface area contributed by atoms with Gasteiger partial charge >= 0.3 is 6.09 Å². The van der Waals surface area contributed by atoms with E-state index in [0.717, 1.165) is 12.0 Å². The van der Waals surface area contributed by atoms with Crippen molar-refractivity contribution in [1.29, 1.82) is 0 Å². The zero-order chi connectivity index (χ0) is 20.7. The van der Waals surface area contributed by atoms with E-state index in [1.165, 1.54) is 17.0 Å². The van der Waals surface area contributed by atoms with Gasteiger partial charge in [-0.2, -0.15) is 0 Å². The molecule has 2 rings (SSSR count). The molecule has 1 amide bonds. The van der Waals surface area contributed by atoms with Gasteiger partial charge in [0.2, 0.25) is 0 Å². The Labute approximate surface area is 164 Å². The number of carbonyl (C=O) groups excluding carboxylic acids is 1. The molecule has 0 aromatic heterocycles. The lowest BCUT2D eigenvalue weighted by Crippen LogP contribution is -2.25. The molecule has 150 valence electrons. The number of nitrogens with zero attached hydrogens (tertiary/aromatic N) is 3. The predicted octanol–water partition coefficient (Wildman–Crippen LogP) is 3.73. The third-order valence-electron chi connectivity index (χ3n) is 4.17. The van der Waals surface area contributed by atoms with Crippen LogP contribution in [0.4, 0.5) is 10.5 Å². The fourth-order valence-electron chi connectivity index (χ4n) is 2.63. The molecule has 0 aliphatic rings. The molecule has 0 fully saturated rings. The molecule has 28 heavy (non-hydrogen) atoms. The Kier molecular flexibility index (Phi) is 7.34. The van der Waals surface area contributed by atoms with Crippen LogP contribution in [0.25, 0.3) is 0 Å². The van der Waals surface area contributed by atoms with Crippen LogP contribution < -0.4 is 9.47 Å². The number of benzene rings is 2. The van der Waals surface area contributed by atoms with Crippen molar-refractivity contribution in [1.82, 2.24) is 9.80 Å². The van der Waals surface area contributed by atoms with Gasteiger partial charge in [-0.15, -0.1) is 0 Å². The Morgan fingerprint density at radius 3 is 2.07 bits per heavy atom. The standard InChI is InChI=1S/C20H25N3O5/c1-21(2)19(13-14-27-17-11-7-16(8-12-17)23(25)26)15-5-9-18(10-6-15)28-20(24)22(3)4/h5-12,19H,13-14H2,1-4H3/t19-/m0/s1. The highest BCUT2D eigenvalue weighted by Crippen LogP contribution is 2.25. The molecule has 0 heterocycles. The third kappa shape index (κ3) is 5.95. The SMILES string of the molecule is CN(C)C(=O)Oc1ccc([C@H](CCOc2ccc([N+](=O)[O-])cc2)N(C)C)cc1. The van der Waals surface area contributed by atoms with Gasteiger partial charge in [-0.25, -0.2) is 4.79 Å². The molecule has 1 atom stereocenters. The maximum atomic E-state index is 11.6. The zero-order valence-electron chi connectivity index (χ0n) is 16.5. The summed E-state index contributed by atoms with van der Waals surface area (Å²) in [5, 5.41) is 10.7. The molecule has 0 spiro atoms. The second-order valence-electron chi connectivity index (χ2n) is 6.70. The summed E-state index contributed by atoms with van der Waals surface area (Å²) in [4.78, 5) is 25.3. The van der Waals surface area contributed by atoms with Crippen LogP contribution in [0, 0.1) is 10.1 Å². The summed E-state index contributed by atoms with van der Waals surface area (Å²) in [6, 6.07) is 13.5. The first-order valence-corrected chi connectivity index (χ1v) is 8.80. The molecular weight excluding hydrogens is 362 g/mol. The number of carbonyl (C=O) groups is 1. The average molecular weight is 387 g/mol. The Morgan fingerprint density at radius 2 is 1.57 bits per heavy atom. The van der Waals surface area contributed by atoms with E-state index in [-0.39, 0.29) is 11.7 Å². The van der Waals surface area contributed by atoms with Gasteiger partial charge in [0.25, 0.3) is 5.69 Å². The number of nitro benzene ring substituents is 1. The van der Waals surface area contributed by atoms with E-state index in [1.54, 1.807) is 38.4 Å². The first-order chi connectivity index (χ1) is 13.3. The number of hydrogen-bond donors (Lipinski definition) is 0. The number of nitro groups is 1. The molecular formula is C20H25N3O5. The maximum absolute atomic E-state index is 11.6. The third-order valence-corrected chi connectivity index (χ3v) is 4.17. The highest BCUT2D eigenvalue weighted by molar-refractivity contribution is 5.69. The van der Waals surface area contributed by atoms with Gasteiger partial charge < -0.3 is 19.3 Å². The Balaban J connectivity index is 1.95. The lowest BCUT2D eigenvalue weighted by molar-refractivity contribution is -0.384. The topological polar surface area (TPSA) is 85.1 Å². The van der Waals surface area contributed by atoms with E-state index in [2.05, 4.69) is 4.90 Å². The van der Waals surface area contributed by atoms with Crippen LogP contribution in [0.3, 0.4) is 0 Å². The molecule has 2 aromatic carbocycles.